The Kier molecular flexibility index (Phi) is 3.75. The maximum absolute atomic E-state index is 9.03. The topological polar surface area (TPSA) is 29.5 Å². The second-order valence-electron chi connectivity index (χ2n) is 2.97. The lowest BCUT2D eigenvalue weighted by atomic mass is 10.0. The van der Waals surface area contributed by atoms with Crippen LogP contribution in [-0.2, 0) is 0 Å². The number of halogens is 1. The van der Waals surface area contributed by atoms with Gasteiger partial charge in [0.15, 0.2) is 0 Å². The van der Waals surface area contributed by atoms with Gasteiger partial charge >= 0.3 is 0 Å². The van der Waals surface area contributed by atoms with E-state index in [0.29, 0.717) is 0 Å². The number of rotatable bonds is 3. The minimum atomic E-state index is 0.104. The van der Waals surface area contributed by atoms with E-state index in [-0.39, 0.29) is 12.5 Å². The van der Waals surface area contributed by atoms with Gasteiger partial charge in [-0.3, -0.25) is 0 Å². The molecule has 1 atom stereocenters. The molecular formula is C10H13BrO2. The lowest BCUT2D eigenvalue weighted by molar-refractivity contribution is 0.269. The second kappa shape index (κ2) is 4.63. The van der Waals surface area contributed by atoms with Crippen molar-refractivity contribution in [2.45, 2.75) is 12.8 Å². The molecule has 2 nitrogen and oxygen atoms in total. The van der Waals surface area contributed by atoms with Crippen molar-refractivity contribution in [1.29, 1.82) is 0 Å². The predicted octanol–water partition coefficient (Wildman–Crippen LogP) is 2.55. The third-order valence-electron chi connectivity index (χ3n) is 2.00. The first kappa shape index (κ1) is 10.5. The summed E-state index contributed by atoms with van der Waals surface area (Å²) in [4.78, 5) is 0. The van der Waals surface area contributed by atoms with E-state index in [4.69, 9.17) is 9.84 Å². The van der Waals surface area contributed by atoms with E-state index >= 15 is 0 Å². The van der Waals surface area contributed by atoms with Crippen molar-refractivity contribution in [2.75, 3.05) is 13.7 Å². The number of aliphatic hydroxyl groups is 1. The molecule has 0 radical (unpaired) electrons. The fraction of sp³-hybridized carbons (Fsp3) is 0.400. The number of aliphatic hydroxyl groups excluding tert-OH is 1. The van der Waals surface area contributed by atoms with Gasteiger partial charge in [-0.2, -0.15) is 0 Å². The van der Waals surface area contributed by atoms with Crippen LogP contribution in [0.1, 0.15) is 18.4 Å². The van der Waals surface area contributed by atoms with Crippen molar-refractivity contribution in [3.63, 3.8) is 0 Å². The molecule has 0 saturated carbocycles. The summed E-state index contributed by atoms with van der Waals surface area (Å²) >= 11 is 3.39. The van der Waals surface area contributed by atoms with Gasteiger partial charge in [0.05, 0.1) is 7.11 Å². The van der Waals surface area contributed by atoms with Gasteiger partial charge in [-0.25, -0.2) is 0 Å². The Balaban J connectivity index is 3.07. The Morgan fingerprint density at radius 2 is 2.23 bits per heavy atom. The highest BCUT2D eigenvalue weighted by molar-refractivity contribution is 9.10. The van der Waals surface area contributed by atoms with Crippen molar-refractivity contribution in [2.24, 2.45) is 0 Å². The van der Waals surface area contributed by atoms with Gasteiger partial charge in [0, 0.05) is 22.6 Å². The summed E-state index contributed by atoms with van der Waals surface area (Å²) in [6.07, 6.45) is 0. The van der Waals surface area contributed by atoms with E-state index in [1.165, 1.54) is 0 Å². The molecule has 13 heavy (non-hydrogen) atoms. The standard InChI is InChI=1S/C10H13BrO2/c1-7(6-12)9-5-8(11)3-4-10(9)13-2/h3-5,7,12H,6H2,1-2H3/t7-/m0/s1. The highest BCUT2D eigenvalue weighted by Gasteiger charge is 2.10. The lowest BCUT2D eigenvalue weighted by Crippen LogP contribution is -2.01. The summed E-state index contributed by atoms with van der Waals surface area (Å²) in [5.74, 6) is 0.928. The summed E-state index contributed by atoms with van der Waals surface area (Å²) in [6.45, 7) is 2.09. The van der Waals surface area contributed by atoms with E-state index in [2.05, 4.69) is 15.9 Å². The Labute approximate surface area is 86.7 Å². The van der Waals surface area contributed by atoms with Crippen LogP contribution in [0.25, 0.3) is 0 Å². The van der Waals surface area contributed by atoms with Crippen LogP contribution in [0.3, 0.4) is 0 Å². The van der Waals surface area contributed by atoms with Crippen molar-refractivity contribution in [3.05, 3.63) is 28.2 Å². The third-order valence-corrected chi connectivity index (χ3v) is 2.49. The van der Waals surface area contributed by atoms with Crippen molar-refractivity contribution in [3.8, 4) is 5.75 Å². The Hall–Kier alpha value is -0.540. The SMILES string of the molecule is COc1ccc(Br)cc1[C@@H](C)CO. The van der Waals surface area contributed by atoms with E-state index in [0.717, 1.165) is 15.8 Å². The lowest BCUT2D eigenvalue weighted by Gasteiger charge is -2.13. The van der Waals surface area contributed by atoms with Gasteiger partial charge in [0.2, 0.25) is 0 Å². The normalized spacial score (nSPS) is 12.6. The van der Waals surface area contributed by atoms with E-state index in [1.54, 1.807) is 7.11 Å². The number of hydrogen-bond acceptors (Lipinski definition) is 2. The zero-order chi connectivity index (χ0) is 9.84. The van der Waals surface area contributed by atoms with Gasteiger partial charge in [0.1, 0.15) is 5.75 Å². The van der Waals surface area contributed by atoms with E-state index in [1.807, 2.05) is 25.1 Å². The molecule has 0 aliphatic heterocycles. The molecule has 1 N–H and O–H groups in total. The van der Waals surface area contributed by atoms with Gasteiger partial charge in [-0.1, -0.05) is 22.9 Å². The molecule has 0 amide bonds. The average molecular weight is 245 g/mol. The minimum absolute atomic E-state index is 0.104. The first-order valence-electron chi connectivity index (χ1n) is 4.13. The fourth-order valence-electron chi connectivity index (χ4n) is 1.19. The molecule has 0 bridgehead atoms. The Bertz CT molecular complexity index is 286. The smallest absolute Gasteiger partial charge is 0.122 e. The monoisotopic (exact) mass is 244 g/mol. The minimum Gasteiger partial charge on any atom is -0.496 e. The highest BCUT2D eigenvalue weighted by atomic mass is 79.9. The van der Waals surface area contributed by atoms with E-state index in [9.17, 15) is 0 Å². The largest absolute Gasteiger partial charge is 0.496 e. The van der Waals surface area contributed by atoms with Crippen LogP contribution in [0.5, 0.6) is 5.75 Å². The van der Waals surface area contributed by atoms with Crippen LogP contribution in [0, 0.1) is 0 Å². The Morgan fingerprint density at radius 1 is 1.54 bits per heavy atom. The van der Waals surface area contributed by atoms with Gasteiger partial charge in [-0.15, -0.1) is 0 Å². The second-order valence-corrected chi connectivity index (χ2v) is 3.89. The highest BCUT2D eigenvalue weighted by Crippen LogP contribution is 2.29. The quantitative estimate of drug-likeness (QED) is 0.886. The summed E-state index contributed by atoms with van der Waals surface area (Å²) in [6, 6.07) is 5.79. The molecule has 1 rings (SSSR count). The average Bonchev–Trinajstić information content (AvgIpc) is 2.16. The molecular weight excluding hydrogens is 232 g/mol. The molecule has 0 aliphatic rings. The first-order chi connectivity index (χ1) is 6.19. The molecule has 72 valence electrons. The molecule has 1 aromatic carbocycles. The van der Waals surface area contributed by atoms with Crippen LogP contribution in [0.15, 0.2) is 22.7 Å². The van der Waals surface area contributed by atoms with E-state index < -0.39 is 0 Å². The molecule has 3 heteroatoms. The molecule has 0 aliphatic carbocycles. The summed E-state index contributed by atoms with van der Waals surface area (Å²) in [5.41, 5.74) is 1.03. The number of hydrogen-bond donors (Lipinski definition) is 1. The summed E-state index contributed by atoms with van der Waals surface area (Å²) in [5, 5.41) is 9.03. The molecule has 0 aromatic heterocycles. The molecule has 0 unspecified atom stereocenters. The van der Waals surface area contributed by atoms with Crippen LogP contribution < -0.4 is 4.74 Å². The van der Waals surface area contributed by atoms with Crippen molar-refractivity contribution < 1.29 is 9.84 Å². The fourth-order valence-corrected chi connectivity index (χ4v) is 1.57. The molecule has 0 spiro atoms. The Morgan fingerprint density at radius 3 is 2.77 bits per heavy atom. The van der Waals surface area contributed by atoms with Crippen molar-refractivity contribution in [1.82, 2.24) is 0 Å². The first-order valence-corrected chi connectivity index (χ1v) is 4.92. The van der Waals surface area contributed by atoms with Crippen molar-refractivity contribution >= 4 is 15.9 Å². The molecule has 0 heterocycles. The maximum atomic E-state index is 9.03. The van der Waals surface area contributed by atoms with Gasteiger partial charge in [-0.05, 0) is 18.2 Å². The van der Waals surface area contributed by atoms with Crippen LogP contribution in [-0.4, -0.2) is 18.8 Å². The maximum Gasteiger partial charge on any atom is 0.122 e. The van der Waals surface area contributed by atoms with Crippen LogP contribution in [0.2, 0.25) is 0 Å². The summed E-state index contributed by atoms with van der Waals surface area (Å²) in [7, 11) is 1.64. The number of benzene rings is 1. The zero-order valence-electron chi connectivity index (χ0n) is 7.75. The summed E-state index contributed by atoms with van der Waals surface area (Å²) < 4.78 is 6.19. The molecule has 0 fully saturated rings. The van der Waals surface area contributed by atoms with Gasteiger partial charge in [0.25, 0.3) is 0 Å². The van der Waals surface area contributed by atoms with Crippen LogP contribution >= 0.6 is 15.9 Å². The molecule has 1 aromatic rings. The van der Waals surface area contributed by atoms with Gasteiger partial charge < -0.3 is 9.84 Å². The predicted molar refractivity (Wildman–Crippen MR) is 56.2 cm³/mol. The van der Waals surface area contributed by atoms with Crippen LogP contribution in [0.4, 0.5) is 0 Å². The third kappa shape index (κ3) is 2.45. The zero-order valence-corrected chi connectivity index (χ0v) is 9.34. The number of methoxy groups -OCH3 is 1. The number of ether oxygens (including phenoxy) is 1. The molecule has 0 saturated heterocycles.